The molecule has 0 fully saturated rings. The summed E-state index contributed by atoms with van der Waals surface area (Å²) in [7, 11) is -3.13. The molecule has 0 heterocycles. The summed E-state index contributed by atoms with van der Waals surface area (Å²) in [6.45, 7) is 1.61. The van der Waals surface area contributed by atoms with Gasteiger partial charge in [0.2, 0.25) is 10.0 Å². The summed E-state index contributed by atoms with van der Waals surface area (Å²) < 4.78 is 23.6. The Bertz CT molecular complexity index is 178. The van der Waals surface area contributed by atoms with E-state index in [-0.39, 0.29) is 12.3 Å². The minimum atomic E-state index is -3.13. The second-order valence-corrected chi connectivity index (χ2v) is 5.02. The van der Waals surface area contributed by atoms with Gasteiger partial charge in [-0.25, -0.2) is 13.1 Å². The largest absolute Gasteiger partial charge is 0.213 e. The van der Waals surface area contributed by atoms with E-state index in [0.717, 1.165) is 0 Å². The zero-order chi connectivity index (χ0) is 8.20. The van der Waals surface area contributed by atoms with E-state index in [2.05, 4.69) is 4.72 Å². The first-order valence-electron chi connectivity index (χ1n) is 2.73. The molecule has 10 heavy (non-hydrogen) atoms. The number of rotatable bonds is 4. The van der Waals surface area contributed by atoms with Crippen LogP contribution < -0.4 is 4.72 Å². The SMILES string of the molecule is CCS(=O)(=O)NCC(Cl)Cl. The molecule has 1 N–H and O–H groups in total. The fourth-order valence-corrected chi connectivity index (χ4v) is 1.25. The Balaban J connectivity index is 3.70. The van der Waals surface area contributed by atoms with Gasteiger partial charge in [-0.2, -0.15) is 0 Å². The average Bonchev–Trinajstić information content (AvgIpc) is 1.85. The van der Waals surface area contributed by atoms with E-state index in [1.165, 1.54) is 0 Å². The lowest BCUT2D eigenvalue weighted by Crippen LogP contribution is -2.29. The number of nitrogens with one attached hydrogen (secondary N) is 1. The third kappa shape index (κ3) is 5.29. The fourth-order valence-electron chi connectivity index (χ4n) is 0.292. The van der Waals surface area contributed by atoms with Gasteiger partial charge < -0.3 is 0 Å². The normalized spacial score (nSPS) is 12.4. The van der Waals surface area contributed by atoms with Crippen LogP contribution in [0.2, 0.25) is 0 Å². The van der Waals surface area contributed by atoms with Crippen molar-refractivity contribution in [1.29, 1.82) is 0 Å². The maximum atomic E-state index is 10.7. The third-order valence-corrected chi connectivity index (χ3v) is 2.51. The van der Waals surface area contributed by atoms with Gasteiger partial charge in [0.05, 0.1) is 5.75 Å². The summed E-state index contributed by atoms with van der Waals surface area (Å²) >= 11 is 10.6. The molecule has 6 heteroatoms. The van der Waals surface area contributed by atoms with E-state index in [0.29, 0.717) is 0 Å². The molecule has 0 unspecified atom stereocenters. The van der Waals surface area contributed by atoms with Gasteiger partial charge >= 0.3 is 0 Å². The maximum Gasteiger partial charge on any atom is 0.211 e. The van der Waals surface area contributed by atoms with Crippen LogP contribution >= 0.6 is 23.2 Å². The molecule has 62 valence electrons. The van der Waals surface area contributed by atoms with Crippen molar-refractivity contribution < 1.29 is 8.42 Å². The number of alkyl halides is 2. The van der Waals surface area contributed by atoms with Crippen molar-refractivity contribution in [2.45, 2.75) is 11.8 Å². The minimum absolute atomic E-state index is 0.0491. The van der Waals surface area contributed by atoms with Crippen molar-refractivity contribution in [2.75, 3.05) is 12.3 Å². The van der Waals surface area contributed by atoms with Gasteiger partial charge in [0.15, 0.2) is 0 Å². The van der Waals surface area contributed by atoms with Crippen LogP contribution in [-0.4, -0.2) is 25.6 Å². The van der Waals surface area contributed by atoms with Crippen LogP contribution in [0.4, 0.5) is 0 Å². The average molecular weight is 206 g/mol. The predicted octanol–water partition coefficient (Wildman–Crippen LogP) is 0.729. The van der Waals surface area contributed by atoms with Gasteiger partial charge in [0.1, 0.15) is 4.84 Å². The van der Waals surface area contributed by atoms with Crippen LogP contribution in [0, 0.1) is 0 Å². The predicted molar refractivity (Wildman–Crippen MR) is 43.0 cm³/mol. The summed E-state index contributed by atoms with van der Waals surface area (Å²) in [4.78, 5) is -0.679. The fraction of sp³-hybridized carbons (Fsp3) is 1.00. The number of hydrogen-bond donors (Lipinski definition) is 1. The lowest BCUT2D eigenvalue weighted by Gasteiger charge is -2.02. The van der Waals surface area contributed by atoms with Crippen molar-refractivity contribution in [1.82, 2.24) is 4.72 Å². The minimum Gasteiger partial charge on any atom is -0.213 e. The van der Waals surface area contributed by atoms with Crippen LogP contribution in [0.25, 0.3) is 0 Å². The summed E-state index contributed by atoms with van der Waals surface area (Å²) in [6.07, 6.45) is 0. The molecule has 0 rings (SSSR count). The summed E-state index contributed by atoms with van der Waals surface area (Å²) in [5.41, 5.74) is 0. The molecule has 0 aromatic heterocycles. The van der Waals surface area contributed by atoms with Crippen LogP contribution in [0.15, 0.2) is 0 Å². The molecule has 0 saturated carbocycles. The first kappa shape index (κ1) is 10.5. The molecular formula is C4H9Cl2NO2S. The Kier molecular flexibility index (Phi) is 4.60. The first-order valence-corrected chi connectivity index (χ1v) is 5.26. The molecule has 0 bridgehead atoms. The van der Waals surface area contributed by atoms with Gasteiger partial charge in [-0.3, -0.25) is 0 Å². The van der Waals surface area contributed by atoms with Crippen LogP contribution in [0.1, 0.15) is 6.92 Å². The van der Waals surface area contributed by atoms with Crippen LogP contribution in [0.3, 0.4) is 0 Å². The third-order valence-electron chi connectivity index (χ3n) is 0.838. The van der Waals surface area contributed by atoms with Crippen molar-refractivity contribution in [3.63, 3.8) is 0 Å². The molecule has 0 aliphatic rings. The van der Waals surface area contributed by atoms with Crippen molar-refractivity contribution in [2.24, 2.45) is 0 Å². The molecule has 0 aromatic rings. The molecule has 0 aromatic carbocycles. The highest BCUT2D eigenvalue weighted by atomic mass is 35.5. The van der Waals surface area contributed by atoms with Gasteiger partial charge in [-0.05, 0) is 6.92 Å². The second-order valence-electron chi connectivity index (χ2n) is 1.64. The highest BCUT2D eigenvalue weighted by Crippen LogP contribution is 1.98. The number of sulfonamides is 1. The van der Waals surface area contributed by atoms with E-state index < -0.39 is 14.9 Å². The Morgan fingerprint density at radius 2 is 2.00 bits per heavy atom. The zero-order valence-corrected chi connectivity index (χ0v) is 7.80. The molecule has 3 nitrogen and oxygen atoms in total. The van der Waals surface area contributed by atoms with E-state index in [1.807, 2.05) is 0 Å². The molecule has 0 aliphatic heterocycles. The highest BCUT2D eigenvalue weighted by molar-refractivity contribution is 7.89. The summed E-state index contributed by atoms with van der Waals surface area (Å²) in [6, 6.07) is 0. The van der Waals surface area contributed by atoms with Crippen LogP contribution in [-0.2, 0) is 10.0 Å². The highest BCUT2D eigenvalue weighted by Gasteiger charge is 2.07. The van der Waals surface area contributed by atoms with Crippen molar-refractivity contribution in [3.8, 4) is 0 Å². The second kappa shape index (κ2) is 4.38. The quantitative estimate of drug-likeness (QED) is 0.689. The Hall–Kier alpha value is 0.490. The van der Waals surface area contributed by atoms with Crippen molar-refractivity contribution in [3.05, 3.63) is 0 Å². The molecule has 0 amide bonds. The lowest BCUT2D eigenvalue weighted by atomic mass is 10.8. The molecule has 0 radical (unpaired) electrons. The number of halogens is 2. The van der Waals surface area contributed by atoms with Crippen LogP contribution in [0.5, 0.6) is 0 Å². The van der Waals surface area contributed by atoms with E-state index in [1.54, 1.807) is 6.92 Å². The van der Waals surface area contributed by atoms with Crippen molar-refractivity contribution >= 4 is 33.2 Å². The molecule has 0 saturated heterocycles. The van der Waals surface area contributed by atoms with E-state index in [9.17, 15) is 8.42 Å². The van der Waals surface area contributed by atoms with E-state index in [4.69, 9.17) is 23.2 Å². The first-order chi connectivity index (χ1) is 4.48. The Morgan fingerprint density at radius 3 is 2.30 bits per heavy atom. The topological polar surface area (TPSA) is 46.2 Å². The molecule has 0 spiro atoms. The van der Waals surface area contributed by atoms with E-state index >= 15 is 0 Å². The standard InChI is InChI=1S/C4H9Cl2NO2S/c1-2-10(8,9)7-3-4(5)6/h4,7H,2-3H2,1H3. The molecular weight excluding hydrogens is 197 g/mol. The molecule has 0 atom stereocenters. The van der Waals surface area contributed by atoms with Gasteiger partial charge in [0, 0.05) is 6.54 Å². The van der Waals surface area contributed by atoms with Gasteiger partial charge in [0.25, 0.3) is 0 Å². The molecule has 0 aliphatic carbocycles. The zero-order valence-electron chi connectivity index (χ0n) is 5.47. The Morgan fingerprint density at radius 1 is 1.50 bits per heavy atom. The summed E-state index contributed by atoms with van der Waals surface area (Å²) in [5.74, 6) is 0.0491. The number of hydrogen-bond acceptors (Lipinski definition) is 2. The Labute approximate surface area is 70.8 Å². The van der Waals surface area contributed by atoms with Gasteiger partial charge in [-0.15, -0.1) is 23.2 Å². The monoisotopic (exact) mass is 205 g/mol. The lowest BCUT2D eigenvalue weighted by molar-refractivity contribution is 0.584. The summed E-state index contributed by atoms with van der Waals surface area (Å²) in [5, 5.41) is 0. The smallest absolute Gasteiger partial charge is 0.211 e. The maximum absolute atomic E-state index is 10.7. The van der Waals surface area contributed by atoms with Gasteiger partial charge in [-0.1, -0.05) is 0 Å².